The summed E-state index contributed by atoms with van der Waals surface area (Å²) in [6.45, 7) is 1.68. The summed E-state index contributed by atoms with van der Waals surface area (Å²) in [5.74, 6) is -0.800. The Balaban J connectivity index is 3.19. The van der Waals surface area contributed by atoms with Gasteiger partial charge in [0.15, 0.2) is 0 Å². The molecule has 0 saturated heterocycles. The van der Waals surface area contributed by atoms with Crippen molar-refractivity contribution >= 4 is 28.6 Å². The lowest BCUT2D eigenvalue weighted by Crippen LogP contribution is -2.14. The van der Waals surface area contributed by atoms with Crippen molar-refractivity contribution in [2.75, 3.05) is 6.61 Å². The maximum Gasteiger partial charge on any atom is 0.418 e. The molecule has 3 nitrogen and oxygen atoms in total. The van der Waals surface area contributed by atoms with Gasteiger partial charge >= 0.3 is 12.1 Å². The minimum Gasteiger partial charge on any atom is -0.462 e. The minimum atomic E-state index is -4.52. The number of halogens is 4. The number of alkyl halides is 3. The summed E-state index contributed by atoms with van der Waals surface area (Å²) < 4.78 is 41.9. The summed E-state index contributed by atoms with van der Waals surface area (Å²) in [4.78, 5) is 14.7. The number of nitrogens with zero attached hydrogens (tertiary/aromatic N) is 1. The van der Waals surface area contributed by atoms with E-state index >= 15 is 0 Å². The van der Waals surface area contributed by atoms with Crippen LogP contribution in [0.2, 0.25) is 0 Å². The van der Waals surface area contributed by atoms with E-state index in [4.69, 9.17) is 0 Å². The summed E-state index contributed by atoms with van der Waals surface area (Å²) in [5, 5.41) is 0. The van der Waals surface area contributed by atoms with Gasteiger partial charge in [-0.2, -0.15) is 13.2 Å². The Bertz CT molecular complexity index is 406. The molecule has 1 aromatic heterocycles. The third kappa shape index (κ3) is 2.83. The van der Waals surface area contributed by atoms with Crippen LogP contribution in [0.15, 0.2) is 12.4 Å². The lowest BCUT2D eigenvalue weighted by molar-refractivity contribution is -0.138. The molecule has 0 amide bonds. The van der Waals surface area contributed by atoms with Crippen LogP contribution in [0.1, 0.15) is 22.8 Å². The molecule has 7 heteroatoms. The number of carbonyl (C=O) groups excluding carboxylic acids is 1. The van der Waals surface area contributed by atoms with Gasteiger partial charge in [0, 0.05) is 16.0 Å². The highest BCUT2D eigenvalue weighted by molar-refractivity contribution is 14.1. The van der Waals surface area contributed by atoms with E-state index in [0.29, 0.717) is 6.20 Å². The van der Waals surface area contributed by atoms with Gasteiger partial charge < -0.3 is 4.74 Å². The van der Waals surface area contributed by atoms with Crippen LogP contribution in [0.5, 0.6) is 0 Å². The van der Waals surface area contributed by atoms with Crippen molar-refractivity contribution in [3.05, 3.63) is 27.1 Å². The van der Waals surface area contributed by atoms with Crippen molar-refractivity contribution in [3.8, 4) is 0 Å². The maximum absolute atomic E-state index is 12.5. The first-order chi connectivity index (χ1) is 7.38. The second-order valence-electron chi connectivity index (χ2n) is 2.77. The molecule has 1 aromatic rings. The Kier molecular flexibility index (Phi) is 4.11. The predicted octanol–water partition coefficient (Wildman–Crippen LogP) is 2.88. The Morgan fingerprint density at radius 1 is 1.50 bits per heavy atom. The van der Waals surface area contributed by atoms with Gasteiger partial charge in [-0.25, -0.2) is 4.79 Å². The molecule has 0 radical (unpaired) electrons. The summed E-state index contributed by atoms with van der Waals surface area (Å²) in [5.41, 5.74) is -1.10. The number of pyridine rings is 1. The van der Waals surface area contributed by atoms with Crippen molar-refractivity contribution in [2.45, 2.75) is 13.1 Å². The van der Waals surface area contributed by atoms with Gasteiger partial charge in [0.05, 0.1) is 17.7 Å². The first-order valence-corrected chi connectivity index (χ1v) is 5.33. The SMILES string of the molecule is CCOC(=O)c1cncc(C(F)(F)F)c1I. The number of esters is 1. The number of rotatable bonds is 2. The van der Waals surface area contributed by atoms with Gasteiger partial charge in [0.2, 0.25) is 0 Å². The standard InChI is InChI=1S/C9H7F3INO2/c1-2-16-8(15)5-3-14-4-6(7(5)13)9(10,11)12/h3-4H,2H2,1H3. The molecular formula is C9H7F3INO2. The second-order valence-corrected chi connectivity index (χ2v) is 3.85. The molecule has 1 heterocycles. The molecule has 88 valence electrons. The van der Waals surface area contributed by atoms with Crippen molar-refractivity contribution in [1.82, 2.24) is 4.98 Å². The normalized spacial score (nSPS) is 11.3. The average Bonchev–Trinajstić information content (AvgIpc) is 2.16. The van der Waals surface area contributed by atoms with Crippen LogP contribution in [0.4, 0.5) is 13.2 Å². The lowest BCUT2D eigenvalue weighted by Gasteiger charge is -2.10. The van der Waals surface area contributed by atoms with Crippen LogP contribution < -0.4 is 0 Å². The maximum atomic E-state index is 12.5. The number of hydrogen-bond acceptors (Lipinski definition) is 3. The molecule has 0 atom stereocenters. The van der Waals surface area contributed by atoms with Gasteiger partial charge in [0.25, 0.3) is 0 Å². The molecule has 0 N–H and O–H groups in total. The fourth-order valence-electron chi connectivity index (χ4n) is 0.994. The third-order valence-corrected chi connectivity index (χ3v) is 2.84. The molecule has 0 aromatic carbocycles. The van der Waals surface area contributed by atoms with Gasteiger partial charge in [-0.05, 0) is 29.5 Å². The molecule has 0 unspecified atom stereocenters. The highest BCUT2D eigenvalue weighted by Gasteiger charge is 2.35. The molecule has 1 rings (SSSR count). The zero-order valence-corrected chi connectivity index (χ0v) is 10.3. The highest BCUT2D eigenvalue weighted by atomic mass is 127. The molecule has 0 bridgehead atoms. The zero-order valence-electron chi connectivity index (χ0n) is 8.14. The molecule has 16 heavy (non-hydrogen) atoms. The van der Waals surface area contributed by atoms with E-state index in [1.807, 2.05) is 0 Å². The minimum absolute atomic E-state index is 0.102. The third-order valence-electron chi connectivity index (χ3n) is 1.68. The van der Waals surface area contributed by atoms with E-state index in [2.05, 4.69) is 9.72 Å². The molecule has 0 aliphatic heterocycles. The number of aromatic nitrogens is 1. The molecule has 0 fully saturated rings. The van der Waals surface area contributed by atoms with Crippen LogP contribution in [-0.4, -0.2) is 17.6 Å². The molecule has 0 saturated carbocycles. The Labute approximate surface area is 103 Å². The monoisotopic (exact) mass is 345 g/mol. The van der Waals surface area contributed by atoms with E-state index in [1.54, 1.807) is 6.92 Å². The first-order valence-electron chi connectivity index (χ1n) is 4.25. The molecular weight excluding hydrogens is 338 g/mol. The highest BCUT2D eigenvalue weighted by Crippen LogP contribution is 2.33. The Morgan fingerprint density at radius 2 is 2.12 bits per heavy atom. The van der Waals surface area contributed by atoms with E-state index in [9.17, 15) is 18.0 Å². The van der Waals surface area contributed by atoms with Gasteiger partial charge in [-0.3, -0.25) is 4.98 Å². The Hall–Kier alpha value is -0.860. The van der Waals surface area contributed by atoms with Crippen LogP contribution in [-0.2, 0) is 10.9 Å². The van der Waals surface area contributed by atoms with Crippen molar-refractivity contribution in [2.24, 2.45) is 0 Å². The summed E-state index contributed by atoms with van der Waals surface area (Å²) in [6, 6.07) is 0. The van der Waals surface area contributed by atoms with E-state index in [-0.39, 0.29) is 15.7 Å². The fourth-order valence-corrected chi connectivity index (χ4v) is 1.80. The Morgan fingerprint density at radius 3 is 2.62 bits per heavy atom. The number of carbonyl (C=O) groups is 1. The van der Waals surface area contributed by atoms with Crippen LogP contribution in [0.3, 0.4) is 0 Å². The van der Waals surface area contributed by atoms with Crippen LogP contribution >= 0.6 is 22.6 Å². The topological polar surface area (TPSA) is 39.2 Å². The van der Waals surface area contributed by atoms with Crippen molar-refractivity contribution < 1.29 is 22.7 Å². The van der Waals surface area contributed by atoms with Gasteiger partial charge in [-0.15, -0.1) is 0 Å². The molecule has 0 aliphatic carbocycles. The summed E-state index contributed by atoms with van der Waals surface area (Å²) in [6.07, 6.45) is -2.77. The van der Waals surface area contributed by atoms with E-state index in [1.165, 1.54) is 22.6 Å². The van der Waals surface area contributed by atoms with Gasteiger partial charge in [-0.1, -0.05) is 0 Å². The van der Waals surface area contributed by atoms with Crippen LogP contribution in [0, 0.1) is 3.57 Å². The first kappa shape index (κ1) is 13.2. The largest absolute Gasteiger partial charge is 0.462 e. The van der Waals surface area contributed by atoms with Crippen molar-refractivity contribution in [3.63, 3.8) is 0 Å². The molecule has 0 aliphatic rings. The van der Waals surface area contributed by atoms with Gasteiger partial charge in [0.1, 0.15) is 0 Å². The lowest BCUT2D eigenvalue weighted by atomic mass is 10.2. The van der Waals surface area contributed by atoms with Crippen LogP contribution in [0.25, 0.3) is 0 Å². The number of hydrogen-bond donors (Lipinski definition) is 0. The van der Waals surface area contributed by atoms with Crippen molar-refractivity contribution in [1.29, 1.82) is 0 Å². The zero-order chi connectivity index (χ0) is 12.3. The molecule has 0 spiro atoms. The predicted molar refractivity (Wildman–Crippen MR) is 57.9 cm³/mol. The second kappa shape index (κ2) is 4.98. The smallest absolute Gasteiger partial charge is 0.418 e. The number of ether oxygens (including phenoxy) is 1. The quantitative estimate of drug-likeness (QED) is 0.611. The summed E-state index contributed by atoms with van der Waals surface area (Å²) in [7, 11) is 0. The van der Waals surface area contributed by atoms with E-state index < -0.39 is 17.7 Å². The fraction of sp³-hybridized carbons (Fsp3) is 0.333. The summed E-state index contributed by atoms with van der Waals surface area (Å²) >= 11 is 1.46. The average molecular weight is 345 g/mol. The van der Waals surface area contributed by atoms with E-state index in [0.717, 1.165) is 6.20 Å².